The molecule has 0 radical (unpaired) electrons. The molecular weight excluding hydrogens is 109 g/mol. The normalized spacial score (nSPS) is 12.3. The first-order valence-corrected chi connectivity index (χ1v) is 3.05. The van der Waals surface area contributed by atoms with Gasteiger partial charge in [-0.15, -0.1) is 0 Å². The molecule has 0 aromatic heterocycles. The van der Waals surface area contributed by atoms with Gasteiger partial charge in [0.15, 0.2) is 0 Å². The van der Waals surface area contributed by atoms with Crippen molar-refractivity contribution in [3.05, 3.63) is 11.6 Å². The van der Waals surface area contributed by atoms with Crippen molar-refractivity contribution in [3.63, 3.8) is 0 Å². The van der Waals surface area contributed by atoms with E-state index in [0.717, 1.165) is 6.54 Å². The molecule has 0 rings (SSSR count). The number of hydrogen-bond acceptors (Lipinski definition) is 1. The first-order chi connectivity index (χ1) is 4.31. The Morgan fingerprint density at radius 1 is 1.67 bits per heavy atom. The van der Waals surface area contributed by atoms with Crippen LogP contribution >= 0.6 is 0 Å². The second-order valence-corrected chi connectivity index (χ2v) is 1.78. The van der Waals surface area contributed by atoms with Crippen molar-refractivity contribution < 1.29 is 0 Å². The van der Waals surface area contributed by atoms with Gasteiger partial charge >= 0.3 is 56.7 Å². The first-order valence-electron chi connectivity index (χ1n) is 3.05. The van der Waals surface area contributed by atoms with E-state index in [4.69, 9.17) is 0 Å². The molecular formula is C7H12BN. The van der Waals surface area contributed by atoms with E-state index in [-0.39, 0.29) is 0 Å². The SMILES string of the molecule is B=C/C(C)=C\C/N=C\C. The predicted molar refractivity (Wildman–Crippen MR) is 46.0 cm³/mol. The fraction of sp³-hybridized carbons (Fsp3) is 0.429. The summed E-state index contributed by atoms with van der Waals surface area (Å²) in [5.41, 5.74) is 1.18. The van der Waals surface area contributed by atoms with Gasteiger partial charge in [-0.3, -0.25) is 0 Å². The van der Waals surface area contributed by atoms with E-state index in [1.54, 1.807) is 6.21 Å². The van der Waals surface area contributed by atoms with Crippen molar-refractivity contribution in [1.29, 1.82) is 0 Å². The molecule has 1 nitrogen and oxygen atoms in total. The summed E-state index contributed by atoms with van der Waals surface area (Å²) >= 11 is 0. The Kier molecular flexibility index (Phi) is 5.08. The zero-order chi connectivity index (χ0) is 7.11. The van der Waals surface area contributed by atoms with Crippen LogP contribution in [-0.4, -0.2) is 26.2 Å². The average Bonchev–Trinajstić information content (AvgIpc) is 1.89. The van der Waals surface area contributed by atoms with E-state index in [9.17, 15) is 0 Å². The fourth-order valence-electron chi connectivity index (χ4n) is 0.385. The number of rotatable bonds is 3. The Labute approximate surface area is 57.6 Å². The molecule has 0 amide bonds. The average molecular weight is 121 g/mol. The topological polar surface area (TPSA) is 12.4 Å². The van der Waals surface area contributed by atoms with Crippen LogP contribution in [0.1, 0.15) is 13.8 Å². The number of hydrogen-bond donors (Lipinski definition) is 0. The molecule has 9 heavy (non-hydrogen) atoms. The van der Waals surface area contributed by atoms with Crippen molar-refractivity contribution in [2.75, 3.05) is 6.54 Å². The molecule has 0 aromatic rings. The fourth-order valence-corrected chi connectivity index (χ4v) is 0.385. The third-order valence-electron chi connectivity index (χ3n) is 1.02. The Hall–Kier alpha value is -0.655. The molecule has 0 saturated carbocycles. The maximum atomic E-state index is 4.01. The van der Waals surface area contributed by atoms with Crippen LogP contribution in [0.4, 0.5) is 0 Å². The van der Waals surface area contributed by atoms with Gasteiger partial charge in [0.2, 0.25) is 0 Å². The van der Waals surface area contributed by atoms with E-state index in [0.29, 0.717) is 0 Å². The van der Waals surface area contributed by atoms with Crippen molar-refractivity contribution in [2.45, 2.75) is 13.8 Å². The molecule has 0 fully saturated rings. The summed E-state index contributed by atoms with van der Waals surface area (Å²) in [6, 6.07) is 0. The maximum absolute atomic E-state index is 4.01. The summed E-state index contributed by atoms with van der Waals surface area (Å²) in [6.45, 7) is 4.70. The Balaban J connectivity index is 3.56. The third kappa shape index (κ3) is 5.21. The monoisotopic (exact) mass is 121 g/mol. The van der Waals surface area contributed by atoms with E-state index in [1.807, 2.05) is 25.9 Å². The number of allylic oxidation sites excluding steroid dienone is 1. The van der Waals surface area contributed by atoms with Crippen LogP contribution in [0.15, 0.2) is 16.6 Å². The molecule has 2 heteroatoms. The number of nitrogens with zero attached hydrogens (tertiary/aromatic N) is 1. The van der Waals surface area contributed by atoms with Crippen LogP contribution in [-0.2, 0) is 0 Å². The standard InChI is InChI=1S/C7H12BN/c1-3-9-5-4-7(2)6-8/h3-4,6,8H,5H2,1-2H3/b7-4-,9-3-. The minimum absolute atomic E-state index is 0.772. The molecule has 0 unspecified atom stereocenters. The summed E-state index contributed by atoms with van der Waals surface area (Å²) in [4.78, 5) is 4.01. The zero-order valence-corrected chi connectivity index (χ0v) is 6.09. The molecule has 0 aromatic carbocycles. The van der Waals surface area contributed by atoms with Gasteiger partial charge < -0.3 is 0 Å². The van der Waals surface area contributed by atoms with E-state index in [2.05, 4.69) is 12.5 Å². The number of aliphatic imine (C=N–C) groups is 1. The van der Waals surface area contributed by atoms with Gasteiger partial charge in [0.1, 0.15) is 0 Å². The van der Waals surface area contributed by atoms with Gasteiger partial charge in [-0.05, 0) is 0 Å². The van der Waals surface area contributed by atoms with Gasteiger partial charge in [-0.2, -0.15) is 0 Å². The summed E-state index contributed by atoms with van der Waals surface area (Å²) < 4.78 is 0. The van der Waals surface area contributed by atoms with Gasteiger partial charge in [0, 0.05) is 0 Å². The minimum atomic E-state index is 0.772. The molecule has 0 N–H and O–H groups in total. The van der Waals surface area contributed by atoms with Crippen molar-refractivity contribution in [3.8, 4) is 0 Å². The third-order valence-corrected chi connectivity index (χ3v) is 1.02. The summed E-state index contributed by atoms with van der Waals surface area (Å²) in [7, 11) is 3.62. The quantitative estimate of drug-likeness (QED) is 0.385. The zero-order valence-electron chi connectivity index (χ0n) is 6.09. The van der Waals surface area contributed by atoms with Crippen LogP contribution in [0.25, 0.3) is 0 Å². The van der Waals surface area contributed by atoms with Crippen LogP contribution in [0.3, 0.4) is 0 Å². The molecule has 48 valence electrons. The van der Waals surface area contributed by atoms with Crippen LogP contribution < -0.4 is 0 Å². The predicted octanol–water partition coefficient (Wildman–Crippen LogP) is 0.726. The molecule has 0 atom stereocenters. The van der Waals surface area contributed by atoms with Gasteiger partial charge in [0.25, 0.3) is 0 Å². The second-order valence-electron chi connectivity index (χ2n) is 1.78. The van der Waals surface area contributed by atoms with Gasteiger partial charge in [0.05, 0.1) is 0 Å². The molecule has 0 aliphatic heterocycles. The van der Waals surface area contributed by atoms with Crippen LogP contribution in [0.2, 0.25) is 0 Å². The Bertz CT molecular complexity index is 136. The van der Waals surface area contributed by atoms with E-state index >= 15 is 0 Å². The second kappa shape index (κ2) is 5.48. The van der Waals surface area contributed by atoms with E-state index < -0.39 is 0 Å². The molecule has 0 heterocycles. The first kappa shape index (κ1) is 8.34. The summed E-state index contributed by atoms with van der Waals surface area (Å²) in [6.07, 6.45) is 3.83. The van der Waals surface area contributed by atoms with Crippen LogP contribution in [0, 0.1) is 0 Å². The van der Waals surface area contributed by atoms with Crippen LogP contribution in [0.5, 0.6) is 0 Å². The van der Waals surface area contributed by atoms with Crippen molar-refractivity contribution in [2.24, 2.45) is 4.99 Å². The van der Waals surface area contributed by atoms with E-state index in [1.165, 1.54) is 5.57 Å². The van der Waals surface area contributed by atoms with Crippen molar-refractivity contribution >= 4 is 19.7 Å². The van der Waals surface area contributed by atoms with Crippen molar-refractivity contribution in [1.82, 2.24) is 0 Å². The van der Waals surface area contributed by atoms with Gasteiger partial charge in [-0.1, -0.05) is 0 Å². The summed E-state index contributed by atoms with van der Waals surface area (Å²) in [5, 5.41) is 0. The Morgan fingerprint density at radius 2 is 2.33 bits per heavy atom. The molecule has 0 bridgehead atoms. The summed E-state index contributed by atoms with van der Waals surface area (Å²) in [5.74, 6) is 1.82. The van der Waals surface area contributed by atoms with Gasteiger partial charge in [-0.25, -0.2) is 0 Å². The molecule has 0 saturated heterocycles. The molecule has 0 spiro atoms. The molecule has 0 aliphatic carbocycles. The molecule has 0 aliphatic rings. The Morgan fingerprint density at radius 3 is 2.78 bits per heavy atom.